The summed E-state index contributed by atoms with van der Waals surface area (Å²) < 4.78 is 80.5. The van der Waals surface area contributed by atoms with Crippen LogP contribution in [-0.4, -0.2) is 35.4 Å². The fourth-order valence-corrected chi connectivity index (χ4v) is 5.99. The van der Waals surface area contributed by atoms with E-state index in [1.165, 1.54) is 24.3 Å². The average molecular weight is 489 g/mol. The SMILES string of the molecule is C[C@@H](c1ccc(F)cc1)N(C1CCC(O)(C(N)=O)CC1)S(=O)(=O)c1ccc(C(F)(F)F)cc1. The molecular formula is C22H24F4N2O4S. The number of rotatable bonds is 6. The van der Waals surface area contributed by atoms with Gasteiger partial charge in [0.2, 0.25) is 15.9 Å². The lowest BCUT2D eigenvalue weighted by molar-refractivity contribution is -0.140. The van der Waals surface area contributed by atoms with Crippen molar-refractivity contribution >= 4 is 15.9 Å². The number of carbonyl (C=O) groups is 1. The van der Waals surface area contributed by atoms with Gasteiger partial charge in [0.15, 0.2) is 0 Å². The summed E-state index contributed by atoms with van der Waals surface area (Å²) in [5, 5.41) is 10.4. The summed E-state index contributed by atoms with van der Waals surface area (Å²) in [5.41, 5.74) is 3.01. The van der Waals surface area contributed by atoms with Crippen molar-refractivity contribution in [1.82, 2.24) is 4.31 Å². The number of hydrogen-bond donors (Lipinski definition) is 2. The van der Waals surface area contributed by atoms with E-state index in [1.54, 1.807) is 6.92 Å². The van der Waals surface area contributed by atoms with E-state index in [9.17, 15) is 35.9 Å². The van der Waals surface area contributed by atoms with Crippen LogP contribution in [0.5, 0.6) is 0 Å². The number of nitrogens with two attached hydrogens (primary N) is 1. The number of halogens is 4. The van der Waals surface area contributed by atoms with Gasteiger partial charge in [-0.05, 0) is 74.6 Å². The fourth-order valence-electron chi connectivity index (χ4n) is 4.13. The summed E-state index contributed by atoms with van der Waals surface area (Å²) >= 11 is 0. The number of carbonyl (C=O) groups excluding carboxylic acids is 1. The van der Waals surface area contributed by atoms with E-state index < -0.39 is 51.2 Å². The third kappa shape index (κ3) is 5.20. The largest absolute Gasteiger partial charge is 0.416 e. The Morgan fingerprint density at radius 1 is 1.09 bits per heavy atom. The molecular weight excluding hydrogens is 464 g/mol. The van der Waals surface area contributed by atoms with Gasteiger partial charge in [0.1, 0.15) is 11.4 Å². The monoisotopic (exact) mass is 488 g/mol. The Balaban J connectivity index is 2.01. The van der Waals surface area contributed by atoms with Gasteiger partial charge in [-0.2, -0.15) is 17.5 Å². The molecule has 1 saturated carbocycles. The Kier molecular flexibility index (Phi) is 6.88. The van der Waals surface area contributed by atoms with Crippen LogP contribution in [-0.2, 0) is 21.0 Å². The molecule has 0 unspecified atom stereocenters. The zero-order chi connectivity index (χ0) is 24.6. The van der Waals surface area contributed by atoms with E-state index in [0.29, 0.717) is 17.7 Å². The molecule has 1 atom stereocenters. The van der Waals surface area contributed by atoms with Crippen molar-refractivity contribution in [3.8, 4) is 0 Å². The molecule has 3 N–H and O–H groups in total. The van der Waals surface area contributed by atoms with Gasteiger partial charge in [0, 0.05) is 12.1 Å². The zero-order valence-corrected chi connectivity index (χ0v) is 18.5. The van der Waals surface area contributed by atoms with E-state index in [-0.39, 0.29) is 30.6 Å². The van der Waals surface area contributed by atoms with Crippen LogP contribution in [0.25, 0.3) is 0 Å². The van der Waals surface area contributed by atoms with Crippen molar-refractivity contribution in [2.75, 3.05) is 0 Å². The first-order chi connectivity index (χ1) is 15.3. The van der Waals surface area contributed by atoms with Crippen molar-refractivity contribution < 1.29 is 35.9 Å². The number of benzene rings is 2. The van der Waals surface area contributed by atoms with E-state index in [4.69, 9.17) is 5.73 Å². The Morgan fingerprint density at radius 3 is 2.06 bits per heavy atom. The maximum Gasteiger partial charge on any atom is 0.416 e. The van der Waals surface area contributed by atoms with Gasteiger partial charge in [-0.1, -0.05) is 12.1 Å². The molecule has 0 aromatic heterocycles. The summed E-state index contributed by atoms with van der Waals surface area (Å²) in [5.74, 6) is -1.41. The maximum atomic E-state index is 13.6. The smallest absolute Gasteiger partial charge is 0.380 e. The number of primary amides is 1. The van der Waals surface area contributed by atoms with Crippen LogP contribution in [0.1, 0.15) is 49.8 Å². The van der Waals surface area contributed by atoms with Crippen molar-refractivity contribution in [2.24, 2.45) is 5.73 Å². The van der Waals surface area contributed by atoms with Gasteiger partial charge >= 0.3 is 6.18 Å². The molecule has 180 valence electrons. The minimum atomic E-state index is -4.62. The third-order valence-corrected chi connectivity index (χ3v) is 8.13. The van der Waals surface area contributed by atoms with E-state index in [0.717, 1.165) is 16.4 Å². The first-order valence-electron chi connectivity index (χ1n) is 10.2. The molecule has 1 fully saturated rings. The predicted molar refractivity (Wildman–Crippen MR) is 112 cm³/mol. The summed E-state index contributed by atoms with van der Waals surface area (Å²) in [4.78, 5) is 11.3. The molecule has 33 heavy (non-hydrogen) atoms. The highest BCUT2D eigenvalue weighted by atomic mass is 32.2. The van der Waals surface area contributed by atoms with Crippen LogP contribution in [0, 0.1) is 5.82 Å². The average Bonchev–Trinajstić information content (AvgIpc) is 2.75. The van der Waals surface area contributed by atoms with Crippen molar-refractivity contribution in [3.63, 3.8) is 0 Å². The quantitative estimate of drug-likeness (QED) is 0.605. The molecule has 6 nitrogen and oxygen atoms in total. The molecule has 0 spiro atoms. The molecule has 0 heterocycles. The summed E-state index contributed by atoms with van der Waals surface area (Å²) in [6.45, 7) is 1.59. The van der Waals surface area contributed by atoms with Gasteiger partial charge in [-0.3, -0.25) is 4.79 Å². The number of alkyl halides is 3. The molecule has 2 aromatic rings. The number of sulfonamides is 1. The molecule has 0 bridgehead atoms. The highest BCUT2D eigenvalue weighted by molar-refractivity contribution is 7.89. The van der Waals surface area contributed by atoms with Crippen molar-refractivity contribution in [3.05, 3.63) is 65.5 Å². The summed E-state index contributed by atoms with van der Waals surface area (Å²) in [6, 6.07) is 6.93. The van der Waals surface area contributed by atoms with Gasteiger partial charge in [0.05, 0.1) is 10.5 Å². The van der Waals surface area contributed by atoms with Crippen LogP contribution in [0.15, 0.2) is 53.4 Å². The summed E-state index contributed by atoms with van der Waals surface area (Å²) in [6.07, 6.45) is -4.55. The molecule has 0 aliphatic heterocycles. The standard InChI is InChI=1S/C22H24F4N2O4S/c1-14(15-2-6-17(23)7-3-15)28(18-10-12-21(30,13-11-18)20(27)29)33(31,32)19-8-4-16(5-9-19)22(24,25)26/h2-9,14,18,30H,10-13H2,1H3,(H2,27,29)/t14-,18?,21?/m0/s1. The number of nitrogens with zero attached hydrogens (tertiary/aromatic N) is 1. The van der Waals surface area contributed by atoms with Gasteiger partial charge in [0.25, 0.3) is 0 Å². The lowest BCUT2D eigenvalue weighted by Crippen LogP contribution is -2.51. The van der Waals surface area contributed by atoms with Gasteiger partial charge in [-0.25, -0.2) is 12.8 Å². The maximum absolute atomic E-state index is 13.6. The highest BCUT2D eigenvalue weighted by Crippen LogP contribution is 2.39. The minimum Gasteiger partial charge on any atom is -0.380 e. The normalized spacial score (nSPS) is 22.8. The molecule has 1 amide bonds. The molecule has 3 rings (SSSR count). The molecule has 2 aromatic carbocycles. The van der Waals surface area contributed by atoms with Crippen LogP contribution in [0.3, 0.4) is 0 Å². The Hall–Kier alpha value is -2.50. The second kappa shape index (κ2) is 9.03. The second-order valence-corrected chi connectivity index (χ2v) is 10.1. The molecule has 0 radical (unpaired) electrons. The number of hydrogen-bond acceptors (Lipinski definition) is 4. The zero-order valence-electron chi connectivity index (χ0n) is 17.7. The summed E-state index contributed by atoms with van der Waals surface area (Å²) in [7, 11) is -4.30. The Morgan fingerprint density at radius 2 is 1.61 bits per heavy atom. The van der Waals surface area contributed by atoms with Gasteiger partial charge in [-0.15, -0.1) is 0 Å². The van der Waals surface area contributed by atoms with Crippen LogP contribution >= 0.6 is 0 Å². The van der Waals surface area contributed by atoms with E-state index in [1.807, 2.05) is 0 Å². The minimum absolute atomic E-state index is 0.0673. The Labute approximate surface area is 189 Å². The first kappa shape index (κ1) is 25.1. The molecule has 1 aliphatic carbocycles. The topological polar surface area (TPSA) is 101 Å². The third-order valence-electron chi connectivity index (χ3n) is 6.09. The first-order valence-corrected chi connectivity index (χ1v) is 11.7. The lowest BCUT2D eigenvalue weighted by atomic mass is 9.81. The van der Waals surface area contributed by atoms with Crippen LogP contribution in [0.4, 0.5) is 17.6 Å². The molecule has 1 aliphatic rings. The van der Waals surface area contributed by atoms with Crippen LogP contribution in [0.2, 0.25) is 0 Å². The second-order valence-electron chi connectivity index (χ2n) is 8.21. The van der Waals surface area contributed by atoms with Gasteiger partial charge < -0.3 is 10.8 Å². The number of aliphatic hydroxyl groups is 1. The predicted octanol–water partition coefficient (Wildman–Crippen LogP) is 3.76. The van der Waals surface area contributed by atoms with E-state index in [2.05, 4.69) is 0 Å². The van der Waals surface area contributed by atoms with E-state index >= 15 is 0 Å². The molecule has 0 saturated heterocycles. The molecule has 11 heteroatoms. The fraction of sp³-hybridized carbons (Fsp3) is 0.409. The van der Waals surface area contributed by atoms with Crippen molar-refractivity contribution in [1.29, 1.82) is 0 Å². The number of amides is 1. The van der Waals surface area contributed by atoms with Crippen molar-refractivity contribution in [2.45, 2.75) is 61.4 Å². The van der Waals surface area contributed by atoms with Crippen LogP contribution < -0.4 is 5.73 Å². The lowest BCUT2D eigenvalue weighted by Gasteiger charge is -2.41. The highest BCUT2D eigenvalue weighted by Gasteiger charge is 2.44. The Bertz CT molecular complexity index is 1090.